The van der Waals surface area contributed by atoms with Crippen LogP contribution in [0.5, 0.6) is 0 Å². The number of nitrogens with one attached hydrogen (secondary N) is 1. The molecule has 5 nitrogen and oxygen atoms in total. The maximum atomic E-state index is 6.09. The highest BCUT2D eigenvalue weighted by Gasteiger charge is 2.25. The fraction of sp³-hybridized carbons (Fsp3) is 0.800. The highest BCUT2D eigenvalue weighted by molar-refractivity contribution is 6.28. The molecule has 1 N–H and O–H groups in total. The number of hydrogen-bond donors (Lipinski definition) is 1. The predicted molar refractivity (Wildman–Crippen MR) is 85.9 cm³/mol. The number of hydrogen-bond acceptors (Lipinski definition) is 5. The third kappa shape index (κ3) is 3.57. The molecule has 2 unspecified atom stereocenters. The van der Waals surface area contributed by atoms with Gasteiger partial charge in [0.15, 0.2) is 0 Å². The molecule has 2 heterocycles. The topological polar surface area (TPSA) is 53.9 Å². The Bertz CT molecular complexity index is 475. The molecule has 0 bridgehead atoms. The number of nitrogens with zero attached hydrogens (tertiary/aromatic N) is 4. The summed E-state index contributed by atoms with van der Waals surface area (Å²) in [4.78, 5) is 15.3. The van der Waals surface area contributed by atoms with Crippen LogP contribution in [0.15, 0.2) is 0 Å². The van der Waals surface area contributed by atoms with Crippen LogP contribution < -0.4 is 10.2 Å². The van der Waals surface area contributed by atoms with Gasteiger partial charge >= 0.3 is 0 Å². The van der Waals surface area contributed by atoms with Crippen molar-refractivity contribution in [1.29, 1.82) is 0 Å². The van der Waals surface area contributed by atoms with Gasteiger partial charge in [-0.2, -0.15) is 15.0 Å². The van der Waals surface area contributed by atoms with Crippen molar-refractivity contribution in [2.24, 2.45) is 5.92 Å². The van der Waals surface area contributed by atoms with Crippen molar-refractivity contribution in [2.45, 2.75) is 57.9 Å². The van der Waals surface area contributed by atoms with Gasteiger partial charge in [-0.15, -0.1) is 0 Å². The molecule has 0 aromatic carbocycles. The first-order chi connectivity index (χ1) is 10.3. The molecule has 1 aromatic rings. The second-order valence-corrected chi connectivity index (χ2v) is 6.46. The molecule has 0 spiro atoms. The molecule has 116 valence electrons. The fourth-order valence-corrected chi connectivity index (χ4v) is 3.67. The Morgan fingerprint density at radius 3 is 2.62 bits per heavy atom. The zero-order chi connectivity index (χ0) is 14.7. The number of halogens is 1. The third-order valence-corrected chi connectivity index (χ3v) is 4.90. The van der Waals surface area contributed by atoms with E-state index in [1.54, 1.807) is 0 Å². The van der Waals surface area contributed by atoms with E-state index in [-0.39, 0.29) is 0 Å². The van der Waals surface area contributed by atoms with Gasteiger partial charge in [-0.05, 0) is 43.2 Å². The summed E-state index contributed by atoms with van der Waals surface area (Å²) in [5.74, 6) is 2.07. The summed E-state index contributed by atoms with van der Waals surface area (Å²) in [7, 11) is 0. The lowest BCUT2D eigenvalue weighted by Crippen LogP contribution is -2.33. The minimum absolute atomic E-state index is 0.290. The van der Waals surface area contributed by atoms with Gasteiger partial charge in [0, 0.05) is 19.1 Å². The molecule has 1 aromatic heterocycles. The molecule has 6 heteroatoms. The normalized spacial score (nSPS) is 26.1. The van der Waals surface area contributed by atoms with Gasteiger partial charge in [0.2, 0.25) is 17.2 Å². The Kier molecular flexibility index (Phi) is 4.78. The van der Waals surface area contributed by atoms with Gasteiger partial charge in [-0.3, -0.25) is 0 Å². The van der Waals surface area contributed by atoms with Crippen LogP contribution in [0, 0.1) is 5.92 Å². The lowest BCUT2D eigenvalue weighted by molar-refractivity contribution is 0.316. The molecule has 1 saturated heterocycles. The van der Waals surface area contributed by atoms with Crippen LogP contribution in [0.25, 0.3) is 0 Å². The minimum Gasteiger partial charge on any atom is -0.351 e. The van der Waals surface area contributed by atoms with E-state index in [0.29, 0.717) is 23.2 Å². The molecule has 2 fully saturated rings. The van der Waals surface area contributed by atoms with Gasteiger partial charge in [0.1, 0.15) is 0 Å². The summed E-state index contributed by atoms with van der Waals surface area (Å²) in [5, 5.41) is 3.80. The second kappa shape index (κ2) is 6.77. The van der Waals surface area contributed by atoms with E-state index in [4.69, 9.17) is 11.6 Å². The van der Waals surface area contributed by atoms with Crippen molar-refractivity contribution in [1.82, 2.24) is 15.0 Å². The maximum absolute atomic E-state index is 6.09. The molecule has 2 atom stereocenters. The Morgan fingerprint density at radius 2 is 1.86 bits per heavy atom. The molecule has 3 rings (SSSR count). The van der Waals surface area contributed by atoms with Crippen LogP contribution in [0.2, 0.25) is 5.28 Å². The van der Waals surface area contributed by atoms with Gasteiger partial charge in [0.05, 0.1) is 0 Å². The van der Waals surface area contributed by atoms with Crippen LogP contribution in [0.3, 0.4) is 0 Å². The molecule has 1 aliphatic heterocycles. The SMILES string of the molecule is CCC1CCCCC1Nc1nc(Cl)nc(N2CCCC2)n1. The molecule has 21 heavy (non-hydrogen) atoms. The van der Waals surface area contributed by atoms with E-state index >= 15 is 0 Å². The summed E-state index contributed by atoms with van der Waals surface area (Å²) in [6, 6.07) is 0.466. The maximum Gasteiger partial charge on any atom is 0.231 e. The number of anilines is 2. The summed E-state index contributed by atoms with van der Waals surface area (Å²) in [5.41, 5.74) is 0. The average molecular weight is 310 g/mol. The highest BCUT2D eigenvalue weighted by atomic mass is 35.5. The summed E-state index contributed by atoms with van der Waals surface area (Å²) >= 11 is 6.09. The van der Waals surface area contributed by atoms with Crippen LogP contribution in [0.1, 0.15) is 51.9 Å². The summed E-state index contributed by atoms with van der Waals surface area (Å²) < 4.78 is 0. The first-order valence-electron chi connectivity index (χ1n) is 8.19. The standard InChI is InChI=1S/C15H24ClN5/c1-2-11-7-3-4-8-12(11)17-14-18-13(16)19-15(20-14)21-9-5-6-10-21/h11-12H,2-10H2,1H3,(H,17,18,19,20). The molecular formula is C15H24ClN5. The van der Waals surface area contributed by atoms with Crippen LogP contribution in [0.4, 0.5) is 11.9 Å². The highest BCUT2D eigenvalue weighted by Crippen LogP contribution is 2.29. The van der Waals surface area contributed by atoms with Crippen LogP contribution >= 0.6 is 11.6 Å². The molecule has 1 saturated carbocycles. The lowest BCUT2D eigenvalue weighted by Gasteiger charge is -2.31. The fourth-order valence-electron chi connectivity index (χ4n) is 3.51. The van der Waals surface area contributed by atoms with E-state index in [2.05, 4.69) is 32.1 Å². The van der Waals surface area contributed by atoms with Gasteiger partial charge in [-0.25, -0.2) is 0 Å². The number of aromatic nitrogens is 3. The molecular weight excluding hydrogens is 286 g/mol. The number of rotatable bonds is 4. The van der Waals surface area contributed by atoms with Crippen molar-refractivity contribution < 1.29 is 0 Å². The zero-order valence-electron chi connectivity index (χ0n) is 12.7. The Balaban J connectivity index is 1.74. The van der Waals surface area contributed by atoms with Gasteiger partial charge in [-0.1, -0.05) is 26.2 Å². The molecule has 1 aliphatic carbocycles. The van der Waals surface area contributed by atoms with E-state index in [9.17, 15) is 0 Å². The van der Waals surface area contributed by atoms with Crippen LogP contribution in [-0.4, -0.2) is 34.1 Å². The summed E-state index contributed by atoms with van der Waals surface area (Å²) in [6.45, 7) is 4.29. The van der Waals surface area contributed by atoms with Gasteiger partial charge < -0.3 is 10.2 Å². The van der Waals surface area contributed by atoms with Crippen molar-refractivity contribution in [3.05, 3.63) is 5.28 Å². The van der Waals surface area contributed by atoms with Gasteiger partial charge in [0.25, 0.3) is 0 Å². The summed E-state index contributed by atoms with van der Waals surface area (Å²) in [6.07, 6.45) is 8.72. The Morgan fingerprint density at radius 1 is 1.10 bits per heavy atom. The second-order valence-electron chi connectivity index (χ2n) is 6.13. The molecule has 0 radical (unpaired) electrons. The molecule has 0 amide bonds. The van der Waals surface area contributed by atoms with E-state index < -0.39 is 0 Å². The average Bonchev–Trinajstić information content (AvgIpc) is 3.01. The lowest BCUT2D eigenvalue weighted by atomic mass is 9.83. The Labute approximate surface area is 131 Å². The first-order valence-corrected chi connectivity index (χ1v) is 8.57. The minimum atomic E-state index is 0.290. The predicted octanol–water partition coefficient (Wildman–Crippen LogP) is 3.51. The van der Waals surface area contributed by atoms with Crippen molar-refractivity contribution in [3.8, 4) is 0 Å². The third-order valence-electron chi connectivity index (χ3n) is 4.73. The first kappa shape index (κ1) is 14.8. The van der Waals surface area contributed by atoms with Crippen molar-refractivity contribution in [2.75, 3.05) is 23.3 Å². The van der Waals surface area contributed by atoms with Crippen molar-refractivity contribution >= 4 is 23.5 Å². The Hall–Kier alpha value is -1.10. The van der Waals surface area contributed by atoms with Crippen molar-refractivity contribution in [3.63, 3.8) is 0 Å². The van der Waals surface area contributed by atoms with E-state index in [0.717, 1.165) is 19.0 Å². The van der Waals surface area contributed by atoms with Crippen LogP contribution in [-0.2, 0) is 0 Å². The monoisotopic (exact) mass is 309 g/mol. The van der Waals surface area contributed by atoms with E-state index in [1.165, 1.54) is 44.9 Å². The zero-order valence-corrected chi connectivity index (χ0v) is 13.4. The largest absolute Gasteiger partial charge is 0.351 e. The quantitative estimate of drug-likeness (QED) is 0.922. The molecule has 2 aliphatic rings. The van der Waals surface area contributed by atoms with E-state index in [1.807, 2.05) is 0 Å². The smallest absolute Gasteiger partial charge is 0.231 e.